The Morgan fingerprint density at radius 2 is 2.00 bits per heavy atom. The number of alkyl halides is 3. The molecule has 2 bridgehead atoms. The van der Waals surface area contributed by atoms with Gasteiger partial charge in [0.25, 0.3) is 0 Å². The number of fused-ring (bicyclic) bond motifs is 2. The van der Waals surface area contributed by atoms with Crippen molar-refractivity contribution >= 4 is 5.91 Å². The number of carbonyl (C=O) groups excluding carboxylic acids is 1. The van der Waals surface area contributed by atoms with Gasteiger partial charge in [0.05, 0.1) is 5.56 Å². The molecule has 1 aliphatic carbocycles. The first-order chi connectivity index (χ1) is 9.36. The van der Waals surface area contributed by atoms with E-state index in [1.165, 1.54) is 0 Å². The second-order valence-corrected chi connectivity index (χ2v) is 5.43. The van der Waals surface area contributed by atoms with Crippen molar-refractivity contribution in [3.05, 3.63) is 35.1 Å². The predicted molar refractivity (Wildman–Crippen MR) is 63.1 cm³/mol. The van der Waals surface area contributed by atoms with Crippen LogP contribution in [0, 0.1) is 11.7 Å². The lowest BCUT2D eigenvalue weighted by Gasteiger charge is -2.27. The van der Waals surface area contributed by atoms with E-state index in [0.29, 0.717) is 6.07 Å². The highest BCUT2D eigenvalue weighted by atomic mass is 19.4. The summed E-state index contributed by atoms with van der Waals surface area (Å²) < 4.78 is 51.1. The molecule has 1 saturated heterocycles. The van der Waals surface area contributed by atoms with E-state index in [4.69, 9.17) is 0 Å². The first kappa shape index (κ1) is 13.4. The molecule has 108 valence electrons. The summed E-state index contributed by atoms with van der Waals surface area (Å²) in [7, 11) is 0. The highest BCUT2D eigenvalue weighted by molar-refractivity contribution is 5.82. The maximum absolute atomic E-state index is 13.8. The van der Waals surface area contributed by atoms with Gasteiger partial charge in [-0.2, -0.15) is 13.2 Å². The molecule has 1 aliphatic heterocycles. The average Bonchev–Trinajstić information content (AvgIpc) is 2.93. The van der Waals surface area contributed by atoms with Crippen LogP contribution in [0.4, 0.5) is 17.6 Å². The van der Waals surface area contributed by atoms with Crippen LogP contribution < -0.4 is 0 Å². The minimum absolute atomic E-state index is 0.000507. The molecule has 2 fully saturated rings. The zero-order valence-electron chi connectivity index (χ0n) is 10.6. The molecule has 0 radical (unpaired) electrons. The Morgan fingerprint density at radius 3 is 2.55 bits per heavy atom. The van der Waals surface area contributed by atoms with E-state index in [9.17, 15) is 22.4 Å². The van der Waals surface area contributed by atoms with Crippen molar-refractivity contribution in [2.75, 3.05) is 0 Å². The van der Waals surface area contributed by atoms with Crippen LogP contribution in [0.15, 0.2) is 18.2 Å². The van der Waals surface area contributed by atoms with Crippen LogP contribution in [0.2, 0.25) is 0 Å². The van der Waals surface area contributed by atoms with Crippen LogP contribution in [0.5, 0.6) is 0 Å². The number of nitrogens with zero attached hydrogens (tertiary/aromatic N) is 1. The van der Waals surface area contributed by atoms with Crippen molar-refractivity contribution in [2.24, 2.45) is 5.92 Å². The van der Waals surface area contributed by atoms with Gasteiger partial charge >= 0.3 is 6.18 Å². The molecule has 0 aromatic heterocycles. The standard InChI is InChI=1S/C14H13F4NO/c15-12-6-10(14(16,17)18)3-1-9(12)7-19-11-4-2-8(5-11)13(19)20/h1,3,6,8,11H,2,4-5,7H2/t8-,11+/m1/s1. The number of benzene rings is 1. The van der Waals surface area contributed by atoms with Gasteiger partial charge in [0, 0.05) is 24.1 Å². The molecule has 2 atom stereocenters. The summed E-state index contributed by atoms with van der Waals surface area (Å²) in [4.78, 5) is 13.5. The van der Waals surface area contributed by atoms with E-state index in [-0.39, 0.29) is 30.0 Å². The Morgan fingerprint density at radius 1 is 1.25 bits per heavy atom. The third-order valence-electron chi connectivity index (χ3n) is 4.20. The largest absolute Gasteiger partial charge is 0.416 e. The molecule has 3 rings (SSSR count). The topological polar surface area (TPSA) is 20.3 Å². The zero-order chi connectivity index (χ0) is 14.5. The van der Waals surface area contributed by atoms with Crippen molar-refractivity contribution in [2.45, 2.75) is 38.0 Å². The number of likely N-dealkylation sites (tertiary alicyclic amines) is 1. The molecule has 0 spiro atoms. The van der Waals surface area contributed by atoms with E-state index in [1.807, 2.05) is 0 Å². The quantitative estimate of drug-likeness (QED) is 0.764. The molecule has 6 heteroatoms. The second kappa shape index (κ2) is 4.46. The van der Waals surface area contributed by atoms with Crippen LogP contribution in [-0.2, 0) is 17.5 Å². The SMILES string of the molecule is O=C1[C@@H]2CC[C@@H](C2)N1Cc1ccc(C(F)(F)F)cc1F. The highest BCUT2D eigenvalue weighted by Crippen LogP contribution is 2.39. The number of hydrogen-bond donors (Lipinski definition) is 0. The van der Waals surface area contributed by atoms with Gasteiger partial charge in [0.1, 0.15) is 5.82 Å². The maximum Gasteiger partial charge on any atom is 0.416 e. The van der Waals surface area contributed by atoms with Gasteiger partial charge in [-0.05, 0) is 31.4 Å². The monoisotopic (exact) mass is 287 g/mol. The molecule has 1 aromatic rings. The number of hydrogen-bond acceptors (Lipinski definition) is 1. The molecule has 20 heavy (non-hydrogen) atoms. The third kappa shape index (κ3) is 2.17. The Kier molecular flexibility index (Phi) is 2.99. The molecular formula is C14H13F4NO. The number of piperidine rings is 1. The second-order valence-electron chi connectivity index (χ2n) is 5.43. The van der Waals surface area contributed by atoms with Gasteiger partial charge < -0.3 is 4.90 Å². The highest BCUT2D eigenvalue weighted by Gasteiger charge is 2.44. The van der Waals surface area contributed by atoms with Crippen LogP contribution in [0.3, 0.4) is 0 Å². The molecule has 2 aliphatic rings. The first-order valence-electron chi connectivity index (χ1n) is 6.52. The van der Waals surface area contributed by atoms with Crippen molar-refractivity contribution in [1.82, 2.24) is 4.90 Å². The van der Waals surface area contributed by atoms with Gasteiger partial charge in [-0.3, -0.25) is 4.79 Å². The summed E-state index contributed by atoms with van der Waals surface area (Å²) in [5, 5.41) is 0. The van der Waals surface area contributed by atoms with Gasteiger partial charge in [-0.15, -0.1) is 0 Å². The molecule has 1 saturated carbocycles. The van der Waals surface area contributed by atoms with E-state index >= 15 is 0 Å². The van der Waals surface area contributed by atoms with Gasteiger partial charge in [-0.25, -0.2) is 4.39 Å². The number of amides is 1. The van der Waals surface area contributed by atoms with E-state index in [2.05, 4.69) is 0 Å². The smallest absolute Gasteiger partial charge is 0.335 e. The van der Waals surface area contributed by atoms with Crippen molar-refractivity contribution < 1.29 is 22.4 Å². The molecule has 1 amide bonds. The van der Waals surface area contributed by atoms with Crippen molar-refractivity contribution in [3.63, 3.8) is 0 Å². The summed E-state index contributed by atoms with van der Waals surface area (Å²) in [6, 6.07) is 2.59. The Hall–Kier alpha value is -1.59. The summed E-state index contributed by atoms with van der Waals surface area (Å²) in [5.74, 6) is -0.881. The van der Waals surface area contributed by atoms with E-state index < -0.39 is 17.6 Å². The number of halogens is 4. The van der Waals surface area contributed by atoms with E-state index in [1.54, 1.807) is 4.90 Å². The lowest BCUT2D eigenvalue weighted by molar-refractivity contribution is -0.138. The summed E-state index contributed by atoms with van der Waals surface area (Å²) in [6.07, 6.45) is -1.99. The van der Waals surface area contributed by atoms with Crippen molar-refractivity contribution in [3.8, 4) is 0 Å². The fourth-order valence-corrected chi connectivity index (χ4v) is 3.12. The molecule has 1 heterocycles. The normalized spacial score (nSPS) is 25.6. The van der Waals surface area contributed by atoms with Crippen LogP contribution in [0.25, 0.3) is 0 Å². The molecular weight excluding hydrogens is 274 g/mol. The lowest BCUT2D eigenvalue weighted by atomic mass is 10.1. The Bertz CT molecular complexity index is 555. The van der Waals surface area contributed by atoms with Gasteiger partial charge in [-0.1, -0.05) is 6.07 Å². The Labute approximate surface area is 113 Å². The fourth-order valence-electron chi connectivity index (χ4n) is 3.12. The molecule has 2 nitrogen and oxygen atoms in total. The Balaban J connectivity index is 1.80. The van der Waals surface area contributed by atoms with Crippen molar-refractivity contribution in [1.29, 1.82) is 0 Å². The molecule has 1 aromatic carbocycles. The van der Waals surface area contributed by atoms with Crippen LogP contribution >= 0.6 is 0 Å². The zero-order valence-corrected chi connectivity index (χ0v) is 10.6. The van der Waals surface area contributed by atoms with Crippen LogP contribution in [-0.4, -0.2) is 16.8 Å². The van der Waals surface area contributed by atoms with Crippen LogP contribution in [0.1, 0.15) is 30.4 Å². The molecule has 0 N–H and O–H groups in total. The number of rotatable bonds is 2. The summed E-state index contributed by atoms with van der Waals surface area (Å²) in [6.45, 7) is 0.0595. The lowest BCUT2D eigenvalue weighted by Crippen LogP contribution is -2.36. The first-order valence-corrected chi connectivity index (χ1v) is 6.52. The predicted octanol–water partition coefficient (Wildman–Crippen LogP) is 3.36. The third-order valence-corrected chi connectivity index (χ3v) is 4.20. The number of carbonyl (C=O) groups is 1. The van der Waals surface area contributed by atoms with E-state index in [0.717, 1.165) is 31.4 Å². The summed E-state index contributed by atoms with van der Waals surface area (Å²) in [5.41, 5.74) is -0.869. The molecule has 0 unspecified atom stereocenters. The van der Waals surface area contributed by atoms with Gasteiger partial charge in [0.2, 0.25) is 5.91 Å². The minimum Gasteiger partial charge on any atom is -0.335 e. The van der Waals surface area contributed by atoms with Gasteiger partial charge in [0.15, 0.2) is 0 Å². The summed E-state index contributed by atoms with van der Waals surface area (Å²) >= 11 is 0. The minimum atomic E-state index is -4.55. The average molecular weight is 287 g/mol. The fraction of sp³-hybridized carbons (Fsp3) is 0.500. The maximum atomic E-state index is 13.8.